The van der Waals surface area contributed by atoms with Crippen LogP contribution < -0.4 is 5.32 Å². The summed E-state index contributed by atoms with van der Waals surface area (Å²) in [6.07, 6.45) is 0.0353. The molecule has 0 radical (unpaired) electrons. The Bertz CT molecular complexity index is 724. The minimum absolute atomic E-state index is 0. The highest BCUT2D eigenvalue weighted by atomic mass is 127. The zero-order chi connectivity index (χ0) is 21.1. The van der Waals surface area contributed by atoms with E-state index in [1.54, 1.807) is 11.4 Å². The summed E-state index contributed by atoms with van der Waals surface area (Å²) in [4.78, 5) is 6.39. The SMILES string of the molecule is CN=C(NCCOCc1ccccc1)N1CCN(S(=O)(=O)CCOC(C)C)CC1.I. The van der Waals surface area contributed by atoms with Crippen LogP contribution in [0.2, 0.25) is 0 Å². The molecule has 0 saturated carbocycles. The molecule has 0 aromatic heterocycles. The van der Waals surface area contributed by atoms with Crippen molar-refractivity contribution in [3.63, 3.8) is 0 Å². The zero-order valence-corrected chi connectivity index (χ0v) is 21.3. The van der Waals surface area contributed by atoms with Crippen LogP contribution in [0.4, 0.5) is 0 Å². The number of hydrogen-bond acceptors (Lipinski definition) is 5. The predicted octanol–water partition coefficient (Wildman–Crippen LogP) is 1.77. The molecule has 1 N–H and O–H groups in total. The Hall–Kier alpha value is -0.950. The van der Waals surface area contributed by atoms with E-state index in [0.29, 0.717) is 45.9 Å². The molecule has 30 heavy (non-hydrogen) atoms. The molecule has 0 aliphatic carbocycles. The van der Waals surface area contributed by atoms with Gasteiger partial charge in [0.25, 0.3) is 0 Å². The maximum Gasteiger partial charge on any atom is 0.216 e. The topological polar surface area (TPSA) is 83.5 Å². The fourth-order valence-corrected chi connectivity index (χ4v) is 4.31. The monoisotopic (exact) mass is 554 g/mol. The smallest absolute Gasteiger partial charge is 0.216 e. The molecule has 1 heterocycles. The van der Waals surface area contributed by atoms with E-state index in [0.717, 1.165) is 11.5 Å². The van der Waals surface area contributed by atoms with E-state index in [-0.39, 0.29) is 42.4 Å². The van der Waals surface area contributed by atoms with Crippen molar-refractivity contribution < 1.29 is 17.9 Å². The highest BCUT2D eigenvalue weighted by molar-refractivity contribution is 14.0. The van der Waals surface area contributed by atoms with Crippen LogP contribution in [0.5, 0.6) is 0 Å². The molecule has 8 nitrogen and oxygen atoms in total. The van der Waals surface area contributed by atoms with Gasteiger partial charge in [-0.2, -0.15) is 4.31 Å². The Morgan fingerprint density at radius 2 is 1.80 bits per heavy atom. The van der Waals surface area contributed by atoms with Crippen LogP contribution in [0, 0.1) is 0 Å². The Morgan fingerprint density at radius 3 is 2.40 bits per heavy atom. The molecule has 0 unspecified atom stereocenters. The Balaban J connectivity index is 0.00000450. The van der Waals surface area contributed by atoms with Crippen LogP contribution in [0.3, 0.4) is 0 Å². The second-order valence-corrected chi connectivity index (χ2v) is 9.22. The van der Waals surface area contributed by atoms with E-state index in [9.17, 15) is 8.42 Å². The Labute approximate surface area is 198 Å². The Kier molecular flexibility index (Phi) is 12.8. The van der Waals surface area contributed by atoms with Gasteiger partial charge in [0.2, 0.25) is 10.0 Å². The number of sulfonamides is 1. The molecular formula is C20H35IN4O4S. The highest BCUT2D eigenvalue weighted by Crippen LogP contribution is 2.09. The van der Waals surface area contributed by atoms with Crippen molar-refractivity contribution in [2.24, 2.45) is 4.99 Å². The number of benzene rings is 1. The predicted molar refractivity (Wildman–Crippen MR) is 131 cm³/mol. The van der Waals surface area contributed by atoms with Crippen molar-refractivity contribution in [2.75, 3.05) is 58.7 Å². The van der Waals surface area contributed by atoms with Crippen molar-refractivity contribution in [3.8, 4) is 0 Å². The first-order valence-electron chi connectivity index (χ1n) is 10.1. The minimum Gasteiger partial charge on any atom is -0.378 e. The summed E-state index contributed by atoms with van der Waals surface area (Å²) >= 11 is 0. The number of guanidine groups is 1. The molecule has 1 aromatic rings. The average molecular weight is 554 g/mol. The number of hydrogen-bond donors (Lipinski definition) is 1. The van der Waals surface area contributed by atoms with E-state index in [1.165, 1.54) is 0 Å². The van der Waals surface area contributed by atoms with Crippen LogP contribution in [-0.2, 0) is 26.1 Å². The third-order valence-electron chi connectivity index (χ3n) is 4.58. The molecule has 2 rings (SSSR count). The van der Waals surface area contributed by atoms with Gasteiger partial charge in [-0.25, -0.2) is 8.42 Å². The minimum atomic E-state index is -3.28. The van der Waals surface area contributed by atoms with Gasteiger partial charge in [-0.1, -0.05) is 30.3 Å². The van der Waals surface area contributed by atoms with Crippen LogP contribution in [0.15, 0.2) is 35.3 Å². The van der Waals surface area contributed by atoms with Crippen LogP contribution in [0.1, 0.15) is 19.4 Å². The van der Waals surface area contributed by atoms with Gasteiger partial charge in [0.15, 0.2) is 5.96 Å². The summed E-state index contributed by atoms with van der Waals surface area (Å²) in [7, 11) is -1.55. The van der Waals surface area contributed by atoms with E-state index in [2.05, 4.69) is 15.2 Å². The van der Waals surface area contributed by atoms with E-state index < -0.39 is 10.0 Å². The van der Waals surface area contributed by atoms with Gasteiger partial charge in [-0.05, 0) is 19.4 Å². The molecule has 1 aliphatic rings. The highest BCUT2D eigenvalue weighted by Gasteiger charge is 2.27. The first kappa shape index (κ1) is 27.1. The summed E-state index contributed by atoms with van der Waals surface area (Å²) in [5.74, 6) is 0.796. The summed E-state index contributed by atoms with van der Waals surface area (Å²) in [6, 6.07) is 10.1. The molecule has 0 atom stereocenters. The van der Waals surface area contributed by atoms with Crippen LogP contribution >= 0.6 is 24.0 Å². The molecule has 10 heteroatoms. The number of aliphatic imine (C=N–C) groups is 1. The lowest BCUT2D eigenvalue weighted by Gasteiger charge is -2.35. The number of rotatable bonds is 10. The van der Waals surface area contributed by atoms with E-state index in [4.69, 9.17) is 9.47 Å². The standard InChI is InChI=1S/C20H34N4O4S.HI/c1-18(2)28-15-16-29(25,26)24-12-10-23(11-13-24)20(21-3)22-9-14-27-17-19-7-5-4-6-8-19;/h4-8,18H,9-17H2,1-3H3,(H,21,22);1H. The van der Waals surface area contributed by atoms with Crippen molar-refractivity contribution in [1.82, 2.24) is 14.5 Å². The van der Waals surface area contributed by atoms with Crippen molar-refractivity contribution in [2.45, 2.75) is 26.6 Å². The first-order valence-corrected chi connectivity index (χ1v) is 11.7. The summed E-state index contributed by atoms with van der Waals surface area (Å²) in [6.45, 7) is 7.94. The fraction of sp³-hybridized carbons (Fsp3) is 0.650. The summed E-state index contributed by atoms with van der Waals surface area (Å²) in [5.41, 5.74) is 1.15. The molecule has 1 saturated heterocycles. The van der Waals surface area contributed by atoms with Crippen LogP contribution in [0.25, 0.3) is 0 Å². The van der Waals surface area contributed by atoms with Crippen molar-refractivity contribution in [3.05, 3.63) is 35.9 Å². The second kappa shape index (κ2) is 14.2. The maximum atomic E-state index is 12.4. The number of nitrogens with one attached hydrogen (secondary N) is 1. The molecule has 0 amide bonds. The molecule has 1 fully saturated rings. The van der Waals surface area contributed by atoms with Gasteiger partial charge < -0.3 is 19.7 Å². The van der Waals surface area contributed by atoms with Gasteiger partial charge in [-0.15, -0.1) is 24.0 Å². The third-order valence-corrected chi connectivity index (χ3v) is 6.41. The molecule has 172 valence electrons. The molecule has 0 bridgehead atoms. The number of nitrogens with zero attached hydrogens (tertiary/aromatic N) is 3. The van der Waals surface area contributed by atoms with Gasteiger partial charge >= 0.3 is 0 Å². The maximum absolute atomic E-state index is 12.4. The molecular weight excluding hydrogens is 519 g/mol. The molecule has 1 aromatic carbocycles. The van der Waals surface area contributed by atoms with E-state index in [1.807, 2.05) is 44.2 Å². The lowest BCUT2D eigenvalue weighted by Crippen LogP contribution is -2.54. The van der Waals surface area contributed by atoms with Gasteiger partial charge in [-0.3, -0.25) is 4.99 Å². The quantitative estimate of drug-likeness (QED) is 0.206. The number of halogens is 1. The third kappa shape index (κ3) is 9.46. The molecule has 1 aliphatic heterocycles. The average Bonchev–Trinajstić information content (AvgIpc) is 2.71. The van der Waals surface area contributed by atoms with Gasteiger partial charge in [0.1, 0.15) is 0 Å². The van der Waals surface area contributed by atoms with E-state index >= 15 is 0 Å². The van der Waals surface area contributed by atoms with Crippen molar-refractivity contribution >= 4 is 40.0 Å². The fourth-order valence-electron chi connectivity index (χ4n) is 3.03. The summed E-state index contributed by atoms with van der Waals surface area (Å²) in [5, 5.41) is 3.29. The normalized spacial score (nSPS) is 15.9. The number of ether oxygens (including phenoxy) is 2. The number of piperazine rings is 1. The lowest BCUT2D eigenvalue weighted by molar-refractivity contribution is 0.0904. The van der Waals surface area contributed by atoms with Gasteiger partial charge in [0.05, 0.1) is 31.7 Å². The first-order chi connectivity index (χ1) is 13.9. The van der Waals surface area contributed by atoms with Crippen molar-refractivity contribution in [1.29, 1.82) is 0 Å². The largest absolute Gasteiger partial charge is 0.378 e. The Morgan fingerprint density at radius 1 is 1.13 bits per heavy atom. The molecule has 0 spiro atoms. The van der Waals surface area contributed by atoms with Gasteiger partial charge in [0, 0.05) is 39.8 Å². The van der Waals surface area contributed by atoms with Crippen LogP contribution in [-0.4, -0.2) is 88.4 Å². The zero-order valence-electron chi connectivity index (χ0n) is 18.1. The lowest BCUT2D eigenvalue weighted by atomic mass is 10.2. The summed E-state index contributed by atoms with van der Waals surface area (Å²) < 4.78 is 37.5. The second-order valence-electron chi connectivity index (χ2n) is 7.13.